The molecule has 0 unspecified atom stereocenters. The van der Waals surface area contributed by atoms with Gasteiger partial charge in [-0.2, -0.15) is 0 Å². The van der Waals surface area contributed by atoms with E-state index < -0.39 is 0 Å². The van der Waals surface area contributed by atoms with E-state index in [1.807, 2.05) is 43.5 Å². The minimum atomic E-state index is -0.271. The lowest BCUT2D eigenvalue weighted by atomic mass is 10.1. The number of hydrogen-bond acceptors (Lipinski definition) is 4. The van der Waals surface area contributed by atoms with Gasteiger partial charge < -0.3 is 15.4 Å². The summed E-state index contributed by atoms with van der Waals surface area (Å²) in [6.45, 7) is 3.89. The minimum absolute atomic E-state index is 0.197. The molecular weight excluding hydrogens is 348 g/mol. The molecule has 0 radical (unpaired) electrons. The quantitative estimate of drug-likeness (QED) is 0.674. The Morgan fingerprint density at radius 2 is 1.85 bits per heavy atom. The predicted octanol–water partition coefficient (Wildman–Crippen LogP) is 4.98. The summed E-state index contributed by atoms with van der Waals surface area (Å²) in [4.78, 5) is 25.5. The molecule has 0 spiro atoms. The number of carbonyl (C=O) groups is 2. The summed E-state index contributed by atoms with van der Waals surface area (Å²) >= 11 is 1.39. The number of benzene rings is 2. The Labute approximate surface area is 154 Å². The van der Waals surface area contributed by atoms with Gasteiger partial charge in [-0.05, 0) is 66.8 Å². The third-order valence-electron chi connectivity index (χ3n) is 4.04. The third-order valence-corrected chi connectivity index (χ3v) is 5.09. The molecule has 0 atom stereocenters. The number of anilines is 2. The van der Waals surface area contributed by atoms with E-state index >= 15 is 0 Å². The van der Waals surface area contributed by atoms with Crippen LogP contribution in [0.4, 0.5) is 11.4 Å². The highest BCUT2D eigenvalue weighted by Crippen LogP contribution is 2.37. The highest BCUT2D eigenvalue weighted by Gasteiger charge is 2.21. The second kappa shape index (κ2) is 6.31. The summed E-state index contributed by atoms with van der Waals surface area (Å²) in [6, 6.07) is 12.5. The first-order valence-electron chi connectivity index (χ1n) is 8.10. The van der Waals surface area contributed by atoms with Crippen LogP contribution in [0, 0.1) is 13.8 Å². The van der Waals surface area contributed by atoms with Gasteiger partial charge in [0.1, 0.15) is 5.75 Å². The van der Waals surface area contributed by atoms with Crippen molar-refractivity contribution in [3.63, 3.8) is 0 Å². The Morgan fingerprint density at radius 1 is 1.04 bits per heavy atom. The lowest BCUT2D eigenvalue weighted by molar-refractivity contribution is 0.101. The molecule has 0 saturated heterocycles. The number of thiophene rings is 1. The summed E-state index contributed by atoms with van der Waals surface area (Å²) in [5.74, 6) is 0.577. The fourth-order valence-corrected chi connectivity index (χ4v) is 3.55. The SMILES string of the molecule is Cc1csc(C(=O)Nc2ccc3c(c2)C(=O)Nc2cc(C)ccc2O3)c1. The number of hydrogen-bond donors (Lipinski definition) is 2. The monoisotopic (exact) mass is 364 g/mol. The Balaban J connectivity index is 1.63. The molecular formula is C20H16N2O3S. The van der Waals surface area contributed by atoms with Gasteiger partial charge >= 0.3 is 0 Å². The maximum atomic E-state index is 12.6. The molecule has 2 aromatic carbocycles. The zero-order chi connectivity index (χ0) is 18.3. The van der Waals surface area contributed by atoms with E-state index in [1.165, 1.54) is 11.3 Å². The topological polar surface area (TPSA) is 67.4 Å². The highest BCUT2D eigenvalue weighted by molar-refractivity contribution is 7.12. The smallest absolute Gasteiger partial charge is 0.265 e. The van der Waals surface area contributed by atoms with E-state index in [9.17, 15) is 9.59 Å². The van der Waals surface area contributed by atoms with Crippen molar-refractivity contribution in [3.05, 3.63) is 69.4 Å². The number of carbonyl (C=O) groups excluding carboxylic acids is 2. The summed E-state index contributed by atoms with van der Waals surface area (Å²) < 4.78 is 5.88. The molecule has 4 rings (SSSR count). The normalized spacial score (nSPS) is 12.3. The number of amides is 2. The second-order valence-corrected chi connectivity index (χ2v) is 7.12. The summed E-state index contributed by atoms with van der Waals surface area (Å²) in [7, 11) is 0. The number of rotatable bonds is 2. The third kappa shape index (κ3) is 3.07. The van der Waals surface area contributed by atoms with Gasteiger partial charge in [-0.25, -0.2) is 0 Å². The average Bonchev–Trinajstić information content (AvgIpc) is 2.99. The number of nitrogens with one attached hydrogen (secondary N) is 2. The Kier molecular flexibility index (Phi) is 3.97. The molecule has 26 heavy (non-hydrogen) atoms. The van der Waals surface area contributed by atoms with Crippen molar-refractivity contribution in [2.75, 3.05) is 10.6 Å². The first-order valence-corrected chi connectivity index (χ1v) is 8.98. The van der Waals surface area contributed by atoms with Crippen LogP contribution >= 0.6 is 11.3 Å². The zero-order valence-corrected chi connectivity index (χ0v) is 15.1. The molecule has 1 aliphatic rings. The lowest BCUT2D eigenvalue weighted by Crippen LogP contribution is -2.13. The van der Waals surface area contributed by atoms with Crippen LogP contribution in [-0.2, 0) is 0 Å². The van der Waals surface area contributed by atoms with E-state index in [1.54, 1.807) is 18.2 Å². The van der Waals surface area contributed by atoms with Crippen LogP contribution in [-0.4, -0.2) is 11.8 Å². The van der Waals surface area contributed by atoms with Crippen molar-refractivity contribution in [3.8, 4) is 11.5 Å². The van der Waals surface area contributed by atoms with E-state index in [0.717, 1.165) is 11.1 Å². The van der Waals surface area contributed by atoms with Crippen molar-refractivity contribution >= 4 is 34.5 Å². The van der Waals surface area contributed by atoms with Crippen LogP contribution in [0.3, 0.4) is 0 Å². The molecule has 3 aromatic rings. The van der Waals surface area contributed by atoms with Crippen molar-refractivity contribution in [2.45, 2.75) is 13.8 Å². The van der Waals surface area contributed by atoms with E-state index in [0.29, 0.717) is 33.3 Å². The molecule has 5 nitrogen and oxygen atoms in total. The van der Waals surface area contributed by atoms with Gasteiger partial charge in [-0.1, -0.05) is 6.07 Å². The van der Waals surface area contributed by atoms with Crippen LogP contribution in [0.1, 0.15) is 31.2 Å². The number of fused-ring (bicyclic) bond motifs is 2. The van der Waals surface area contributed by atoms with Gasteiger partial charge in [0.05, 0.1) is 16.1 Å². The number of aryl methyl sites for hydroxylation is 2. The number of ether oxygens (including phenoxy) is 1. The minimum Gasteiger partial charge on any atom is -0.454 e. The van der Waals surface area contributed by atoms with Gasteiger partial charge in [0.2, 0.25) is 0 Å². The summed E-state index contributed by atoms with van der Waals surface area (Å²) in [5, 5.41) is 7.61. The van der Waals surface area contributed by atoms with Crippen LogP contribution in [0.15, 0.2) is 47.8 Å². The molecule has 0 saturated carbocycles. The van der Waals surface area contributed by atoms with Gasteiger partial charge in [0.15, 0.2) is 5.75 Å². The molecule has 1 aliphatic heterocycles. The molecule has 130 valence electrons. The molecule has 0 aliphatic carbocycles. The summed E-state index contributed by atoms with van der Waals surface area (Å²) in [5.41, 5.74) is 3.62. The van der Waals surface area contributed by atoms with Gasteiger partial charge in [0.25, 0.3) is 11.8 Å². The summed E-state index contributed by atoms with van der Waals surface area (Å²) in [6.07, 6.45) is 0. The van der Waals surface area contributed by atoms with Crippen LogP contribution in [0.2, 0.25) is 0 Å². The van der Waals surface area contributed by atoms with Crippen molar-refractivity contribution in [1.29, 1.82) is 0 Å². The molecule has 1 aromatic heterocycles. The molecule has 2 heterocycles. The van der Waals surface area contributed by atoms with Crippen LogP contribution in [0.5, 0.6) is 11.5 Å². The standard InChI is InChI=1S/C20H16N2O3S/c1-11-3-5-17-15(7-11)22-19(23)14-9-13(4-6-16(14)25-17)21-20(24)18-8-12(2)10-26-18/h3-10H,1-2H3,(H,21,24)(H,22,23). The molecule has 6 heteroatoms. The first-order chi connectivity index (χ1) is 12.5. The highest BCUT2D eigenvalue weighted by atomic mass is 32.1. The van der Waals surface area contributed by atoms with E-state index in [-0.39, 0.29) is 11.8 Å². The Bertz CT molecular complexity index is 1040. The van der Waals surface area contributed by atoms with Crippen molar-refractivity contribution in [1.82, 2.24) is 0 Å². The van der Waals surface area contributed by atoms with Crippen molar-refractivity contribution < 1.29 is 14.3 Å². The fourth-order valence-electron chi connectivity index (χ4n) is 2.76. The van der Waals surface area contributed by atoms with Gasteiger partial charge in [-0.3, -0.25) is 9.59 Å². The van der Waals surface area contributed by atoms with E-state index in [2.05, 4.69) is 10.6 Å². The maximum absolute atomic E-state index is 12.6. The fraction of sp³-hybridized carbons (Fsp3) is 0.100. The molecule has 2 N–H and O–H groups in total. The molecule has 0 bridgehead atoms. The Hall–Kier alpha value is -3.12. The van der Waals surface area contributed by atoms with Gasteiger partial charge in [-0.15, -0.1) is 11.3 Å². The van der Waals surface area contributed by atoms with Crippen LogP contribution in [0.25, 0.3) is 0 Å². The predicted molar refractivity (Wildman–Crippen MR) is 103 cm³/mol. The molecule has 0 fully saturated rings. The second-order valence-electron chi connectivity index (χ2n) is 6.21. The first kappa shape index (κ1) is 16.4. The molecule has 2 amide bonds. The average molecular weight is 364 g/mol. The van der Waals surface area contributed by atoms with E-state index in [4.69, 9.17) is 4.74 Å². The lowest BCUT2D eigenvalue weighted by Gasteiger charge is -2.09. The zero-order valence-electron chi connectivity index (χ0n) is 14.3. The maximum Gasteiger partial charge on any atom is 0.265 e. The van der Waals surface area contributed by atoms with Crippen molar-refractivity contribution in [2.24, 2.45) is 0 Å². The van der Waals surface area contributed by atoms with Gasteiger partial charge in [0, 0.05) is 5.69 Å². The van der Waals surface area contributed by atoms with Crippen LogP contribution < -0.4 is 15.4 Å². The Morgan fingerprint density at radius 3 is 2.62 bits per heavy atom. The largest absolute Gasteiger partial charge is 0.454 e.